The first kappa shape index (κ1) is 15.9. The molecule has 0 radical (unpaired) electrons. The lowest BCUT2D eigenvalue weighted by molar-refractivity contribution is -0.234. The van der Waals surface area contributed by atoms with E-state index in [4.69, 9.17) is 9.47 Å². The summed E-state index contributed by atoms with van der Waals surface area (Å²) in [5.41, 5.74) is 1.49. The van der Waals surface area contributed by atoms with Crippen LogP contribution in [0.15, 0.2) is 64.8 Å². The molecule has 2 aromatic rings. The third-order valence-corrected chi connectivity index (χ3v) is 3.44. The molecule has 1 aliphatic rings. The molecule has 0 unspecified atom stereocenters. The van der Waals surface area contributed by atoms with Crippen molar-refractivity contribution >= 4 is 23.3 Å². The highest BCUT2D eigenvalue weighted by Crippen LogP contribution is 2.35. The maximum atomic E-state index is 12.3. The molecule has 0 bridgehead atoms. The van der Waals surface area contributed by atoms with E-state index in [1.807, 2.05) is 18.2 Å². The fourth-order valence-corrected chi connectivity index (χ4v) is 2.40. The van der Waals surface area contributed by atoms with Crippen molar-refractivity contribution in [2.45, 2.75) is 25.6 Å². The number of hydrogen-bond donors (Lipinski definition) is 0. The minimum Gasteiger partial charge on any atom is -0.422 e. The van der Waals surface area contributed by atoms with Gasteiger partial charge in [0.25, 0.3) is 5.79 Å². The molecule has 6 nitrogen and oxygen atoms in total. The number of hydrogen-bond acceptors (Lipinski definition) is 6. The van der Waals surface area contributed by atoms with Gasteiger partial charge in [-0.1, -0.05) is 36.4 Å². The number of azo groups is 1. The Bertz CT molecular complexity index is 780. The normalized spacial score (nSPS) is 17.6. The molecule has 0 N–H and O–H groups in total. The van der Waals surface area contributed by atoms with Gasteiger partial charge in [-0.05, 0) is 18.2 Å². The van der Waals surface area contributed by atoms with Crippen LogP contribution >= 0.6 is 0 Å². The summed E-state index contributed by atoms with van der Waals surface area (Å²) in [6.07, 6.45) is 0. The maximum Gasteiger partial charge on any atom is 0.328 e. The Balaban J connectivity index is 1.94. The lowest BCUT2D eigenvalue weighted by Crippen LogP contribution is -2.45. The summed E-state index contributed by atoms with van der Waals surface area (Å²) < 4.78 is 10.3. The van der Waals surface area contributed by atoms with Gasteiger partial charge < -0.3 is 9.47 Å². The molecule has 0 saturated carbocycles. The van der Waals surface area contributed by atoms with E-state index in [9.17, 15) is 9.59 Å². The van der Waals surface area contributed by atoms with Crippen LogP contribution in [0.4, 0.5) is 11.4 Å². The summed E-state index contributed by atoms with van der Waals surface area (Å²) in [6, 6.07) is 16.0. The van der Waals surface area contributed by atoms with Gasteiger partial charge in [0.1, 0.15) is 0 Å². The third-order valence-electron chi connectivity index (χ3n) is 3.44. The Morgan fingerprint density at radius 1 is 0.833 bits per heavy atom. The highest BCUT2D eigenvalue weighted by molar-refractivity contribution is 6.03. The Hall–Kier alpha value is -3.02. The predicted octanol–water partition coefficient (Wildman–Crippen LogP) is 4.02. The van der Waals surface area contributed by atoms with E-state index in [0.29, 0.717) is 16.9 Å². The molecule has 24 heavy (non-hydrogen) atoms. The summed E-state index contributed by atoms with van der Waals surface area (Å²) in [5.74, 6) is -3.73. The summed E-state index contributed by atoms with van der Waals surface area (Å²) in [5, 5.41) is 8.30. The number of ether oxygens (including phenoxy) is 2. The Kier molecular flexibility index (Phi) is 4.12. The molecule has 0 amide bonds. The lowest BCUT2D eigenvalue weighted by atomic mass is 9.96. The number of nitrogens with zero attached hydrogens (tertiary/aromatic N) is 2. The molecular weight excluding hydrogens is 308 g/mol. The minimum atomic E-state index is -1.26. The van der Waals surface area contributed by atoms with Crippen LogP contribution in [0, 0.1) is 0 Å². The van der Waals surface area contributed by atoms with Gasteiger partial charge in [0.05, 0.1) is 11.4 Å². The van der Waals surface area contributed by atoms with E-state index in [-0.39, 0.29) is 0 Å². The van der Waals surface area contributed by atoms with Gasteiger partial charge in [-0.3, -0.25) is 9.59 Å². The third kappa shape index (κ3) is 3.32. The van der Waals surface area contributed by atoms with E-state index in [1.165, 1.54) is 13.8 Å². The zero-order valence-electron chi connectivity index (χ0n) is 13.3. The number of benzene rings is 2. The monoisotopic (exact) mass is 324 g/mol. The highest BCUT2D eigenvalue weighted by atomic mass is 16.7. The van der Waals surface area contributed by atoms with Crippen molar-refractivity contribution in [1.82, 2.24) is 0 Å². The van der Waals surface area contributed by atoms with Crippen LogP contribution in [0.1, 0.15) is 25.3 Å². The van der Waals surface area contributed by atoms with Gasteiger partial charge in [-0.2, -0.15) is 10.2 Å². The molecule has 1 fully saturated rings. The number of rotatable bonds is 3. The fourth-order valence-electron chi connectivity index (χ4n) is 2.40. The first-order chi connectivity index (χ1) is 11.5. The topological polar surface area (TPSA) is 77.3 Å². The zero-order valence-corrected chi connectivity index (χ0v) is 13.3. The molecule has 0 spiro atoms. The summed E-state index contributed by atoms with van der Waals surface area (Å²) >= 11 is 0. The van der Waals surface area contributed by atoms with Crippen molar-refractivity contribution in [3.05, 3.63) is 60.2 Å². The molecule has 3 rings (SSSR count). The van der Waals surface area contributed by atoms with E-state index < -0.39 is 23.6 Å². The van der Waals surface area contributed by atoms with E-state index in [2.05, 4.69) is 10.2 Å². The first-order valence-electron chi connectivity index (χ1n) is 7.48. The second-order valence-electron chi connectivity index (χ2n) is 5.77. The van der Waals surface area contributed by atoms with Crippen molar-refractivity contribution in [3.8, 4) is 0 Å². The zero-order chi connectivity index (χ0) is 17.2. The Morgan fingerprint density at radius 2 is 1.42 bits per heavy atom. The number of carbonyl (C=O) groups is 2. The number of carbonyl (C=O) groups excluding carboxylic acids is 2. The second kappa shape index (κ2) is 6.23. The van der Waals surface area contributed by atoms with Gasteiger partial charge in [0.2, 0.25) is 0 Å². The molecular formula is C18H16N2O4. The van der Waals surface area contributed by atoms with Crippen LogP contribution in [-0.4, -0.2) is 17.7 Å². The smallest absolute Gasteiger partial charge is 0.328 e. The van der Waals surface area contributed by atoms with Crippen molar-refractivity contribution in [2.75, 3.05) is 0 Å². The standard InChI is InChI=1S/C18H16N2O4/c1-18(2)23-16(21)15(17(22)24-18)13-10-6-7-11-14(13)20-19-12-8-4-3-5-9-12/h3-11,15H,1-2H3. The minimum absolute atomic E-state index is 0.405. The summed E-state index contributed by atoms with van der Waals surface area (Å²) in [4.78, 5) is 24.5. The molecule has 0 aliphatic carbocycles. The van der Waals surface area contributed by atoms with Gasteiger partial charge >= 0.3 is 11.9 Å². The average molecular weight is 324 g/mol. The SMILES string of the molecule is CC1(C)OC(=O)C(c2ccccc2N=Nc2ccccc2)C(=O)O1. The molecule has 6 heteroatoms. The summed E-state index contributed by atoms with van der Waals surface area (Å²) in [7, 11) is 0. The van der Waals surface area contributed by atoms with Crippen molar-refractivity contribution in [2.24, 2.45) is 10.2 Å². The lowest BCUT2D eigenvalue weighted by Gasteiger charge is -2.33. The van der Waals surface area contributed by atoms with E-state index in [0.717, 1.165) is 0 Å². The van der Waals surface area contributed by atoms with Crippen molar-refractivity contribution < 1.29 is 19.1 Å². The van der Waals surface area contributed by atoms with E-state index in [1.54, 1.807) is 36.4 Å². The number of cyclic esters (lactones) is 2. The van der Waals surface area contributed by atoms with Crippen LogP contribution in [0.5, 0.6) is 0 Å². The number of esters is 2. The highest BCUT2D eigenvalue weighted by Gasteiger charge is 2.44. The quantitative estimate of drug-likeness (QED) is 0.485. The molecule has 1 aliphatic heterocycles. The Morgan fingerprint density at radius 3 is 2.08 bits per heavy atom. The molecule has 0 aromatic heterocycles. The fraction of sp³-hybridized carbons (Fsp3) is 0.222. The van der Waals surface area contributed by atoms with Gasteiger partial charge in [-0.15, -0.1) is 0 Å². The predicted molar refractivity (Wildman–Crippen MR) is 86.1 cm³/mol. The van der Waals surface area contributed by atoms with Crippen molar-refractivity contribution in [3.63, 3.8) is 0 Å². The van der Waals surface area contributed by atoms with E-state index >= 15 is 0 Å². The van der Waals surface area contributed by atoms with Gasteiger partial charge in [-0.25, -0.2) is 0 Å². The van der Waals surface area contributed by atoms with Gasteiger partial charge in [0, 0.05) is 19.4 Å². The average Bonchev–Trinajstić information content (AvgIpc) is 2.53. The van der Waals surface area contributed by atoms with Crippen LogP contribution in [0.2, 0.25) is 0 Å². The molecule has 122 valence electrons. The largest absolute Gasteiger partial charge is 0.422 e. The van der Waals surface area contributed by atoms with Crippen LogP contribution in [0.3, 0.4) is 0 Å². The Labute approximate surface area is 139 Å². The molecule has 0 atom stereocenters. The molecule has 1 saturated heterocycles. The molecule has 1 heterocycles. The molecule has 2 aromatic carbocycles. The first-order valence-corrected chi connectivity index (χ1v) is 7.48. The van der Waals surface area contributed by atoms with Crippen LogP contribution < -0.4 is 0 Å². The van der Waals surface area contributed by atoms with Crippen molar-refractivity contribution in [1.29, 1.82) is 0 Å². The summed E-state index contributed by atoms with van der Waals surface area (Å²) in [6.45, 7) is 3.03. The van der Waals surface area contributed by atoms with Crippen LogP contribution in [-0.2, 0) is 19.1 Å². The van der Waals surface area contributed by atoms with Crippen LogP contribution in [0.25, 0.3) is 0 Å². The maximum absolute atomic E-state index is 12.3. The second-order valence-corrected chi connectivity index (χ2v) is 5.77. The van der Waals surface area contributed by atoms with Gasteiger partial charge in [0.15, 0.2) is 5.92 Å².